The molecule has 0 aromatic heterocycles. The molecule has 18 heavy (non-hydrogen) atoms. The van der Waals surface area contributed by atoms with Gasteiger partial charge in [-0.3, -0.25) is 9.59 Å². The molecule has 0 bridgehead atoms. The molecule has 0 aromatic carbocycles. The van der Waals surface area contributed by atoms with Crippen LogP contribution in [0.25, 0.3) is 0 Å². The first kappa shape index (κ1) is 15.0. The van der Waals surface area contributed by atoms with E-state index < -0.39 is 6.04 Å². The van der Waals surface area contributed by atoms with E-state index in [1.807, 2.05) is 13.8 Å². The first-order valence-electron chi connectivity index (χ1n) is 6.92. The van der Waals surface area contributed by atoms with Gasteiger partial charge in [-0.25, -0.2) is 0 Å². The van der Waals surface area contributed by atoms with E-state index in [4.69, 9.17) is 0 Å². The molecule has 0 aliphatic carbocycles. The van der Waals surface area contributed by atoms with E-state index in [1.165, 1.54) is 0 Å². The van der Waals surface area contributed by atoms with Crippen molar-refractivity contribution in [3.8, 4) is 0 Å². The molecule has 0 spiro atoms. The summed E-state index contributed by atoms with van der Waals surface area (Å²) in [7, 11) is 0. The number of nitrogens with zero attached hydrogens (tertiary/aromatic N) is 1. The Kier molecular flexibility index (Phi) is 6.12. The maximum atomic E-state index is 12.0. The molecule has 1 rings (SSSR count). The van der Waals surface area contributed by atoms with Gasteiger partial charge in [-0.15, -0.1) is 0 Å². The molecule has 2 atom stereocenters. The minimum Gasteiger partial charge on any atom is -0.343 e. The Balaban J connectivity index is 2.45. The summed E-state index contributed by atoms with van der Waals surface area (Å²) in [4.78, 5) is 25.7. The number of nitrogens with one attached hydrogen (secondary N) is 2. The lowest BCUT2D eigenvalue weighted by Gasteiger charge is -2.27. The van der Waals surface area contributed by atoms with Gasteiger partial charge in [-0.1, -0.05) is 6.42 Å². The predicted octanol–water partition coefficient (Wildman–Crippen LogP) is 0.502. The van der Waals surface area contributed by atoms with Crippen molar-refractivity contribution in [2.45, 2.75) is 52.1 Å². The normalized spacial score (nSPS) is 21.2. The van der Waals surface area contributed by atoms with Gasteiger partial charge in [0.05, 0.1) is 6.04 Å². The van der Waals surface area contributed by atoms with Crippen LogP contribution in [-0.4, -0.2) is 48.4 Å². The fourth-order valence-corrected chi connectivity index (χ4v) is 2.26. The second-order valence-corrected chi connectivity index (χ2v) is 4.74. The fourth-order valence-electron chi connectivity index (χ4n) is 2.26. The average Bonchev–Trinajstić information content (AvgIpc) is 2.40. The Labute approximate surface area is 109 Å². The second-order valence-electron chi connectivity index (χ2n) is 4.74. The summed E-state index contributed by atoms with van der Waals surface area (Å²) in [6, 6.07) is -0.577. The van der Waals surface area contributed by atoms with E-state index in [9.17, 15) is 9.59 Å². The van der Waals surface area contributed by atoms with Crippen molar-refractivity contribution in [2.24, 2.45) is 0 Å². The van der Waals surface area contributed by atoms with Crippen LogP contribution in [0.5, 0.6) is 0 Å². The van der Waals surface area contributed by atoms with Crippen molar-refractivity contribution in [3.63, 3.8) is 0 Å². The molecular weight excluding hydrogens is 230 g/mol. The zero-order valence-corrected chi connectivity index (χ0v) is 11.7. The molecule has 1 aliphatic heterocycles. The molecule has 0 aromatic rings. The number of rotatable bonds is 5. The summed E-state index contributed by atoms with van der Waals surface area (Å²) in [5.41, 5.74) is 0. The second kappa shape index (κ2) is 7.36. The van der Waals surface area contributed by atoms with Gasteiger partial charge in [-0.2, -0.15) is 0 Å². The number of piperidine rings is 1. The predicted molar refractivity (Wildman–Crippen MR) is 71.2 cm³/mol. The van der Waals surface area contributed by atoms with Crippen LogP contribution >= 0.6 is 0 Å². The molecule has 1 heterocycles. The van der Waals surface area contributed by atoms with Gasteiger partial charge in [0.2, 0.25) is 11.8 Å². The van der Waals surface area contributed by atoms with Gasteiger partial charge in [-0.05, 0) is 40.2 Å². The number of likely N-dealkylation sites (N-methyl/N-ethyl adjacent to an activating group) is 1. The third-order valence-corrected chi connectivity index (χ3v) is 3.43. The van der Waals surface area contributed by atoms with Gasteiger partial charge in [0, 0.05) is 13.1 Å². The van der Waals surface area contributed by atoms with Crippen LogP contribution in [0, 0.1) is 0 Å². The van der Waals surface area contributed by atoms with Gasteiger partial charge < -0.3 is 15.5 Å². The lowest BCUT2D eigenvalue weighted by molar-refractivity contribution is -0.136. The molecule has 104 valence electrons. The minimum atomic E-state index is -0.443. The van der Waals surface area contributed by atoms with E-state index in [0.29, 0.717) is 13.1 Å². The number of carbonyl (C=O) groups is 2. The van der Waals surface area contributed by atoms with E-state index in [2.05, 4.69) is 10.6 Å². The monoisotopic (exact) mass is 255 g/mol. The van der Waals surface area contributed by atoms with Gasteiger partial charge in [0.15, 0.2) is 0 Å². The molecule has 5 heteroatoms. The van der Waals surface area contributed by atoms with E-state index in [0.717, 1.165) is 25.8 Å². The Morgan fingerprint density at radius 2 is 2.00 bits per heavy atom. The molecule has 1 aliphatic rings. The Hall–Kier alpha value is -1.10. The summed E-state index contributed by atoms with van der Waals surface area (Å²) in [5, 5.41) is 5.99. The van der Waals surface area contributed by atoms with Crippen molar-refractivity contribution >= 4 is 11.8 Å². The highest BCUT2D eigenvalue weighted by molar-refractivity contribution is 5.89. The summed E-state index contributed by atoms with van der Waals surface area (Å²) in [5.74, 6) is -0.0631. The largest absolute Gasteiger partial charge is 0.343 e. The topological polar surface area (TPSA) is 61.4 Å². The van der Waals surface area contributed by atoms with Crippen LogP contribution in [-0.2, 0) is 9.59 Å². The first-order chi connectivity index (χ1) is 8.60. The molecule has 0 radical (unpaired) electrons. The lowest BCUT2D eigenvalue weighted by Crippen LogP contribution is -2.53. The van der Waals surface area contributed by atoms with E-state index in [1.54, 1.807) is 11.8 Å². The van der Waals surface area contributed by atoms with Crippen LogP contribution < -0.4 is 10.6 Å². The van der Waals surface area contributed by atoms with Crippen molar-refractivity contribution < 1.29 is 9.59 Å². The molecule has 5 nitrogen and oxygen atoms in total. The van der Waals surface area contributed by atoms with Crippen molar-refractivity contribution in [1.82, 2.24) is 15.5 Å². The standard InChI is InChI=1S/C13H25N3O2/c1-4-16(5-2)13(18)10(3)15-12(17)11-8-6-7-9-14-11/h10-11,14H,4-9H2,1-3H3,(H,15,17)/t10?,11-/m1/s1. The maximum absolute atomic E-state index is 12.0. The van der Waals surface area contributed by atoms with Crippen LogP contribution in [0.4, 0.5) is 0 Å². The van der Waals surface area contributed by atoms with E-state index >= 15 is 0 Å². The van der Waals surface area contributed by atoms with Gasteiger partial charge in [0.25, 0.3) is 0 Å². The average molecular weight is 255 g/mol. The van der Waals surface area contributed by atoms with Gasteiger partial charge >= 0.3 is 0 Å². The highest BCUT2D eigenvalue weighted by Gasteiger charge is 2.25. The molecular formula is C13H25N3O2. The summed E-state index contributed by atoms with van der Waals surface area (Å²) in [6.07, 6.45) is 3.05. The zero-order chi connectivity index (χ0) is 13.5. The van der Waals surface area contributed by atoms with Crippen molar-refractivity contribution in [2.75, 3.05) is 19.6 Å². The molecule has 2 amide bonds. The zero-order valence-electron chi connectivity index (χ0n) is 11.7. The fraction of sp³-hybridized carbons (Fsp3) is 0.846. The Bertz CT molecular complexity index is 284. The third-order valence-electron chi connectivity index (χ3n) is 3.43. The summed E-state index contributed by atoms with van der Waals surface area (Å²) >= 11 is 0. The quantitative estimate of drug-likeness (QED) is 0.752. The summed E-state index contributed by atoms with van der Waals surface area (Å²) in [6.45, 7) is 7.88. The Morgan fingerprint density at radius 1 is 1.33 bits per heavy atom. The van der Waals surface area contributed by atoms with E-state index in [-0.39, 0.29) is 17.9 Å². The molecule has 2 N–H and O–H groups in total. The van der Waals surface area contributed by atoms with Crippen LogP contribution in [0.15, 0.2) is 0 Å². The molecule has 1 fully saturated rings. The molecule has 0 saturated carbocycles. The number of carbonyl (C=O) groups excluding carboxylic acids is 2. The summed E-state index contributed by atoms with van der Waals surface area (Å²) < 4.78 is 0. The van der Waals surface area contributed by atoms with Crippen LogP contribution in [0.1, 0.15) is 40.0 Å². The SMILES string of the molecule is CCN(CC)C(=O)C(C)NC(=O)[C@H]1CCCCN1. The van der Waals surface area contributed by atoms with Crippen molar-refractivity contribution in [1.29, 1.82) is 0 Å². The maximum Gasteiger partial charge on any atom is 0.244 e. The number of hydrogen-bond acceptors (Lipinski definition) is 3. The minimum absolute atomic E-state index is 0.0100. The molecule has 1 saturated heterocycles. The van der Waals surface area contributed by atoms with Gasteiger partial charge in [0.1, 0.15) is 6.04 Å². The molecule has 1 unspecified atom stereocenters. The first-order valence-corrected chi connectivity index (χ1v) is 6.92. The highest BCUT2D eigenvalue weighted by Crippen LogP contribution is 2.07. The lowest BCUT2D eigenvalue weighted by atomic mass is 10.0. The van der Waals surface area contributed by atoms with Crippen LogP contribution in [0.3, 0.4) is 0 Å². The third kappa shape index (κ3) is 3.98. The smallest absolute Gasteiger partial charge is 0.244 e. The highest BCUT2D eigenvalue weighted by atomic mass is 16.2. The number of hydrogen-bond donors (Lipinski definition) is 2. The Morgan fingerprint density at radius 3 is 2.50 bits per heavy atom. The van der Waals surface area contributed by atoms with Crippen LogP contribution in [0.2, 0.25) is 0 Å². The number of amides is 2. The van der Waals surface area contributed by atoms with Crippen molar-refractivity contribution in [3.05, 3.63) is 0 Å².